The van der Waals surface area contributed by atoms with Crippen LogP contribution in [0.2, 0.25) is 0 Å². The van der Waals surface area contributed by atoms with Crippen LogP contribution < -0.4 is 20.3 Å². The maximum Gasteiger partial charge on any atom is 0.191 e. The SMILES string of the molecule is CN=C(NCc1ccc(N2CCN(C)CC2)nc1)NCC(C)Oc1cccc(C)c1.I. The number of aromatic nitrogens is 1. The van der Waals surface area contributed by atoms with Gasteiger partial charge in [0.15, 0.2) is 5.96 Å². The molecule has 1 aliphatic rings. The average Bonchev–Trinajstić information content (AvgIpc) is 2.75. The van der Waals surface area contributed by atoms with Gasteiger partial charge in [-0.3, -0.25) is 4.99 Å². The van der Waals surface area contributed by atoms with E-state index in [0.29, 0.717) is 13.1 Å². The van der Waals surface area contributed by atoms with Crippen LogP contribution in [0.5, 0.6) is 5.75 Å². The molecular formula is C23H35IN6O. The number of ether oxygens (including phenoxy) is 1. The lowest BCUT2D eigenvalue weighted by Crippen LogP contribution is -2.44. The highest BCUT2D eigenvalue weighted by molar-refractivity contribution is 14.0. The molecule has 0 spiro atoms. The van der Waals surface area contributed by atoms with Crippen molar-refractivity contribution in [2.45, 2.75) is 26.5 Å². The van der Waals surface area contributed by atoms with Crippen LogP contribution in [0.1, 0.15) is 18.1 Å². The van der Waals surface area contributed by atoms with Crippen LogP contribution >= 0.6 is 24.0 Å². The summed E-state index contributed by atoms with van der Waals surface area (Å²) in [6, 6.07) is 12.3. The van der Waals surface area contributed by atoms with E-state index in [-0.39, 0.29) is 30.1 Å². The molecule has 0 radical (unpaired) electrons. The molecule has 2 aromatic rings. The minimum atomic E-state index is 0. The Morgan fingerprint density at radius 2 is 1.94 bits per heavy atom. The van der Waals surface area contributed by atoms with Gasteiger partial charge in [0.1, 0.15) is 17.7 Å². The maximum absolute atomic E-state index is 5.97. The van der Waals surface area contributed by atoms with Gasteiger partial charge in [-0.15, -0.1) is 24.0 Å². The molecule has 2 N–H and O–H groups in total. The fraction of sp³-hybridized carbons (Fsp3) is 0.478. The van der Waals surface area contributed by atoms with Crippen LogP contribution in [0.4, 0.5) is 5.82 Å². The number of guanidine groups is 1. The number of hydrogen-bond acceptors (Lipinski definition) is 5. The Bertz CT molecular complexity index is 821. The number of piperazine rings is 1. The van der Waals surface area contributed by atoms with Gasteiger partial charge in [0.25, 0.3) is 0 Å². The Morgan fingerprint density at radius 1 is 1.16 bits per heavy atom. The van der Waals surface area contributed by atoms with Crippen molar-refractivity contribution >= 4 is 35.8 Å². The predicted molar refractivity (Wildman–Crippen MR) is 139 cm³/mol. The van der Waals surface area contributed by atoms with Crippen molar-refractivity contribution in [3.05, 3.63) is 53.7 Å². The number of hydrogen-bond donors (Lipinski definition) is 2. The molecule has 3 rings (SSSR count). The van der Waals surface area contributed by atoms with Gasteiger partial charge in [-0.1, -0.05) is 18.2 Å². The van der Waals surface area contributed by atoms with E-state index in [9.17, 15) is 0 Å². The summed E-state index contributed by atoms with van der Waals surface area (Å²) in [4.78, 5) is 13.6. The van der Waals surface area contributed by atoms with Gasteiger partial charge >= 0.3 is 0 Å². The number of halogens is 1. The Balaban J connectivity index is 0.00000341. The van der Waals surface area contributed by atoms with Crippen molar-refractivity contribution in [2.75, 3.05) is 51.7 Å². The molecule has 0 aliphatic carbocycles. The molecule has 31 heavy (non-hydrogen) atoms. The number of rotatable bonds is 7. The van der Waals surface area contributed by atoms with Gasteiger partial charge in [0.2, 0.25) is 0 Å². The highest BCUT2D eigenvalue weighted by Gasteiger charge is 2.15. The standard InChI is InChI=1S/C23H34N6O.HI/c1-18-6-5-7-21(14-18)30-19(2)15-26-23(24-3)27-17-20-8-9-22(25-16-20)29-12-10-28(4)11-13-29;/h5-9,14,16,19H,10-13,15,17H2,1-4H3,(H2,24,26,27);1H. The summed E-state index contributed by atoms with van der Waals surface area (Å²) in [6.45, 7) is 9.66. The van der Waals surface area contributed by atoms with Crippen molar-refractivity contribution in [3.63, 3.8) is 0 Å². The molecule has 2 heterocycles. The molecule has 1 saturated heterocycles. The lowest BCUT2D eigenvalue weighted by atomic mass is 10.2. The summed E-state index contributed by atoms with van der Waals surface area (Å²) < 4.78 is 5.97. The molecule has 170 valence electrons. The van der Waals surface area contributed by atoms with E-state index >= 15 is 0 Å². The van der Waals surface area contributed by atoms with Gasteiger partial charge in [0.05, 0.1) is 6.54 Å². The van der Waals surface area contributed by atoms with Gasteiger partial charge in [-0.2, -0.15) is 0 Å². The molecule has 7 nitrogen and oxygen atoms in total. The number of aliphatic imine (C=N–C) groups is 1. The largest absolute Gasteiger partial charge is 0.489 e. The monoisotopic (exact) mass is 538 g/mol. The van der Waals surface area contributed by atoms with Gasteiger partial charge in [0, 0.05) is 46.0 Å². The molecule has 0 amide bonds. The van der Waals surface area contributed by atoms with Crippen LogP contribution in [0.3, 0.4) is 0 Å². The Hall–Kier alpha value is -2.07. The van der Waals surface area contributed by atoms with E-state index in [1.807, 2.05) is 31.3 Å². The van der Waals surface area contributed by atoms with Crippen molar-refractivity contribution < 1.29 is 4.74 Å². The fourth-order valence-electron chi connectivity index (χ4n) is 3.35. The highest BCUT2D eigenvalue weighted by Crippen LogP contribution is 2.14. The summed E-state index contributed by atoms with van der Waals surface area (Å²) >= 11 is 0. The summed E-state index contributed by atoms with van der Waals surface area (Å²) in [5, 5.41) is 6.66. The fourth-order valence-corrected chi connectivity index (χ4v) is 3.35. The van der Waals surface area contributed by atoms with E-state index < -0.39 is 0 Å². The lowest BCUT2D eigenvalue weighted by Gasteiger charge is -2.33. The van der Waals surface area contributed by atoms with E-state index in [1.165, 1.54) is 5.56 Å². The number of anilines is 1. The minimum Gasteiger partial charge on any atom is -0.489 e. The summed E-state index contributed by atoms with van der Waals surface area (Å²) in [5.41, 5.74) is 2.32. The molecular weight excluding hydrogens is 503 g/mol. The smallest absolute Gasteiger partial charge is 0.191 e. The number of pyridine rings is 1. The predicted octanol–water partition coefficient (Wildman–Crippen LogP) is 2.89. The molecule has 1 aliphatic heterocycles. The topological polar surface area (TPSA) is 65.0 Å². The third-order valence-corrected chi connectivity index (χ3v) is 5.20. The van der Waals surface area contributed by atoms with Crippen molar-refractivity contribution in [1.29, 1.82) is 0 Å². The summed E-state index contributed by atoms with van der Waals surface area (Å²) in [7, 11) is 3.94. The second kappa shape index (κ2) is 12.7. The molecule has 1 fully saturated rings. The number of aryl methyl sites for hydroxylation is 1. The van der Waals surface area contributed by atoms with Crippen molar-refractivity contribution in [3.8, 4) is 5.75 Å². The van der Waals surface area contributed by atoms with Gasteiger partial charge in [-0.05, 0) is 50.2 Å². The summed E-state index contributed by atoms with van der Waals surface area (Å²) in [5.74, 6) is 2.69. The van der Waals surface area contributed by atoms with Crippen molar-refractivity contribution in [1.82, 2.24) is 20.5 Å². The first-order valence-corrected chi connectivity index (χ1v) is 10.6. The molecule has 0 bridgehead atoms. The number of likely N-dealkylation sites (N-methyl/N-ethyl adjacent to an activating group) is 1. The van der Waals surface area contributed by atoms with Crippen LogP contribution in [-0.2, 0) is 6.54 Å². The third-order valence-electron chi connectivity index (χ3n) is 5.20. The quantitative estimate of drug-likeness (QED) is 0.321. The van der Waals surface area contributed by atoms with E-state index in [0.717, 1.165) is 49.3 Å². The molecule has 8 heteroatoms. The second-order valence-electron chi connectivity index (χ2n) is 7.87. The zero-order valence-corrected chi connectivity index (χ0v) is 21.3. The Labute approximate surface area is 203 Å². The van der Waals surface area contributed by atoms with E-state index in [2.05, 4.69) is 62.6 Å². The first-order valence-electron chi connectivity index (χ1n) is 10.6. The van der Waals surface area contributed by atoms with E-state index in [4.69, 9.17) is 4.74 Å². The maximum atomic E-state index is 5.97. The Kier molecular flexibility index (Phi) is 10.3. The van der Waals surface area contributed by atoms with Crippen LogP contribution in [-0.4, -0.2) is 68.8 Å². The number of benzene rings is 1. The van der Waals surface area contributed by atoms with Crippen LogP contribution in [0.15, 0.2) is 47.6 Å². The second-order valence-corrected chi connectivity index (χ2v) is 7.87. The molecule has 0 saturated carbocycles. The minimum absolute atomic E-state index is 0. The van der Waals surface area contributed by atoms with Crippen molar-refractivity contribution in [2.24, 2.45) is 4.99 Å². The molecule has 1 aromatic heterocycles. The lowest BCUT2D eigenvalue weighted by molar-refractivity contribution is 0.223. The molecule has 1 atom stereocenters. The van der Waals surface area contributed by atoms with Gasteiger partial charge < -0.3 is 25.2 Å². The number of nitrogens with one attached hydrogen (secondary N) is 2. The zero-order valence-electron chi connectivity index (χ0n) is 19.0. The normalized spacial score (nSPS) is 15.7. The number of nitrogens with zero attached hydrogens (tertiary/aromatic N) is 4. The van der Waals surface area contributed by atoms with Gasteiger partial charge in [-0.25, -0.2) is 4.98 Å². The summed E-state index contributed by atoms with van der Waals surface area (Å²) in [6.07, 6.45) is 1.96. The third kappa shape index (κ3) is 8.17. The molecule has 1 aromatic carbocycles. The zero-order chi connectivity index (χ0) is 21.3. The van der Waals surface area contributed by atoms with Crippen LogP contribution in [0.25, 0.3) is 0 Å². The van der Waals surface area contributed by atoms with E-state index in [1.54, 1.807) is 7.05 Å². The highest BCUT2D eigenvalue weighted by atomic mass is 127. The first kappa shape index (κ1) is 25.2. The molecule has 1 unspecified atom stereocenters. The first-order chi connectivity index (χ1) is 14.5. The Morgan fingerprint density at radius 3 is 2.58 bits per heavy atom. The van der Waals surface area contributed by atoms with Crippen LogP contribution in [0, 0.1) is 6.92 Å². The average molecular weight is 538 g/mol.